The molecule has 0 aliphatic rings. The van der Waals surface area contributed by atoms with Crippen LogP contribution in [0.15, 0.2) is 28.3 Å². The van der Waals surface area contributed by atoms with Gasteiger partial charge in [-0.1, -0.05) is 11.2 Å². The van der Waals surface area contributed by atoms with E-state index in [-0.39, 0.29) is 10.7 Å². The van der Waals surface area contributed by atoms with Gasteiger partial charge in [-0.15, -0.1) is 0 Å². The smallest absolute Gasteiger partial charge is 0.245 e. The number of hydrogen-bond donors (Lipinski definition) is 2. The Morgan fingerprint density at radius 1 is 1.50 bits per heavy atom. The van der Waals surface area contributed by atoms with E-state index in [1.165, 1.54) is 20.0 Å². The molecule has 0 fully saturated rings. The quantitative estimate of drug-likeness (QED) is 0.365. The number of nitrogens with two attached hydrogens (primary N) is 1. The molecule has 0 bridgehead atoms. The fourth-order valence-electron chi connectivity index (χ4n) is 1.62. The van der Waals surface area contributed by atoms with E-state index in [2.05, 4.69) is 13.9 Å². The van der Waals surface area contributed by atoms with Crippen LogP contribution in [-0.4, -0.2) is 45.6 Å². The number of rotatable bonds is 4. The van der Waals surface area contributed by atoms with Gasteiger partial charge in [-0.2, -0.15) is 13.1 Å². The van der Waals surface area contributed by atoms with Crippen molar-refractivity contribution in [3.8, 4) is 0 Å². The molecule has 2 rings (SSSR count). The van der Waals surface area contributed by atoms with E-state index in [9.17, 15) is 8.42 Å². The average Bonchev–Trinajstić information content (AvgIpc) is 2.92. The van der Waals surface area contributed by atoms with Gasteiger partial charge in [0.25, 0.3) is 0 Å². The molecule has 108 valence electrons. The molecule has 1 aromatic carbocycles. The van der Waals surface area contributed by atoms with Crippen molar-refractivity contribution in [2.45, 2.75) is 17.9 Å². The van der Waals surface area contributed by atoms with Gasteiger partial charge in [-0.05, 0) is 19.1 Å². The number of fused-ring (bicyclic) bond motifs is 1. The Balaban J connectivity index is 2.53. The van der Waals surface area contributed by atoms with Gasteiger partial charge < -0.3 is 10.9 Å². The maximum atomic E-state index is 12.6. The standard InChI is InChI=1S/C10H13N5O3S2/c1-6(10(11)12-16)15(2)20(17,18)8-5-3-4-7-9(8)14-19-13-7/h3-6,16H,1-2H3,(H2,11,12). The first-order valence-electron chi connectivity index (χ1n) is 5.56. The first kappa shape index (κ1) is 14.6. The van der Waals surface area contributed by atoms with E-state index < -0.39 is 16.1 Å². The van der Waals surface area contributed by atoms with Gasteiger partial charge in [0.1, 0.15) is 15.9 Å². The van der Waals surface area contributed by atoms with Crippen molar-refractivity contribution in [1.29, 1.82) is 0 Å². The molecule has 20 heavy (non-hydrogen) atoms. The van der Waals surface area contributed by atoms with Gasteiger partial charge >= 0.3 is 0 Å². The summed E-state index contributed by atoms with van der Waals surface area (Å²) in [5.41, 5.74) is 6.28. The molecule has 2 aromatic rings. The molecule has 1 unspecified atom stereocenters. The lowest BCUT2D eigenvalue weighted by atomic mass is 10.3. The van der Waals surface area contributed by atoms with Crippen LogP contribution in [0.5, 0.6) is 0 Å². The Hall–Kier alpha value is -1.78. The molecule has 1 heterocycles. The molecule has 0 aliphatic carbocycles. The lowest BCUT2D eigenvalue weighted by Crippen LogP contribution is -2.43. The lowest BCUT2D eigenvalue weighted by Gasteiger charge is -2.23. The van der Waals surface area contributed by atoms with Gasteiger partial charge in [0, 0.05) is 7.05 Å². The summed E-state index contributed by atoms with van der Waals surface area (Å²) >= 11 is 0.943. The van der Waals surface area contributed by atoms with Gasteiger partial charge in [-0.3, -0.25) is 0 Å². The molecular weight excluding hydrogens is 302 g/mol. The number of likely N-dealkylation sites (N-methyl/N-ethyl adjacent to an activating group) is 1. The zero-order chi connectivity index (χ0) is 14.9. The third-order valence-corrected chi connectivity index (χ3v) is 5.50. The summed E-state index contributed by atoms with van der Waals surface area (Å²) in [7, 11) is -2.47. The monoisotopic (exact) mass is 315 g/mol. The number of oxime groups is 1. The number of sulfonamides is 1. The number of hydrogen-bond acceptors (Lipinski definition) is 7. The van der Waals surface area contributed by atoms with Crippen molar-refractivity contribution < 1.29 is 13.6 Å². The predicted molar refractivity (Wildman–Crippen MR) is 75.2 cm³/mol. The molecule has 10 heteroatoms. The molecule has 1 atom stereocenters. The highest BCUT2D eigenvalue weighted by molar-refractivity contribution is 7.89. The Morgan fingerprint density at radius 2 is 2.20 bits per heavy atom. The fourth-order valence-corrected chi connectivity index (χ4v) is 3.71. The van der Waals surface area contributed by atoms with Crippen molar-refractivity contribution in [2.24, 2.45) is 10.9 Å². The topological polar surface area (TPSA) is 122 Å². The second-order valence-electron chi connectivity index (χ2n) is 4.11. The molecule has 0 radical (unpaired) electrons. The van der Waals surface area contributed by atoms with Crippen molar-refractivity contribution in [1.82, 2.24) is 13.1 Å². The van der Waals surface area contributed by atoms with E-state index in [4.69, 9.17) is 10.9 Å². The molecule has 0 aliphatic heterocycles. The molecule has 0 saturated heterocycles. The summed E-state index contributed by atoms with van der Waals surface area (Å²) in [5.74, 6) is -0.195. The van der Waals surface area contributed by atoms with E-state index in [0.717, 1.165) is 16.0 Å². The number of aromatic nitrogens is 2. The van der Waals surface area contributed by atoms with Crippen LogP contribution in [0.1, 0.15) is 6.92 Å². The van der Waals surface area contributed by atoms with Gasteiger partial charge in [0.15, 0.2) is 5.84 Å². The maximum Gasteiger partial charge on any atom is 0.245 e. The highest BCUT2D eigenvalue weighted by Gasteiger charge is 2.30. The van der Waals surface area contributed by atoms with Crippen LogP contribution in [0, 0.1) is 0 Å². The minimum absolute atomic E-state index is 0.0452. The summed E-state index contributed by atoms with van der Waals surface area (Å²) in [6.45, 7) is 1.52. The van der Waals surface area contributed by atoms with E-state index >= 15 is 0 Å². The van der Waals surface area contributed by atoms with Crippen molar-refractivity contribution in [3.05, 3.63) is 18.2 Å². The maximum absolute atomic E-state index is 12.6. The van der Waals surface area contributed by atoms with Crippen molar-refractivity contribution >= 4 is 38.6 Å². The highest BCUT2D eigenvalue weighted by Crippen LogP contribution is 2.24. The van der Waals surface area contributed by atoms with Crippen LogP contribution in [0.2, 0.25) is 0 Å². The van der Waals surface area contributed by atoms with Crippen LogP contribution >= 0.6 is 11.7 Å². The van der Waals surface area contributed by atoms with E-state index in [0.29, 0.717) is 11.0 Å². The average molecular weight is 315 g/mol. The van der Waals surface area contributed by atoms with Crippen LogP contribution < -0.4 is 5.73 Å². The molecule has 0 spiro atoms. The molecule has 0 amide bonds. The van der Waals surface area contributed by atoms with Crippen LogP contribution in [0.4, 0.5) is 0 Å². The summed E-state index contributed by atoms with van der Waals surface area (Å²) in [5, 5.41) is 11.5. The predicted octanol–water partition coefficient (Wildman–Crippen LogP) is 0.447. The zero-order valence-corrected chi connectivity index (χ0v) is 12.4. The molecule has 1 aromatic heterocycles. The van der Waals surface area contributed by atoms with Crippen molar-refractivity contribution in [3.63, 3.8) is 0 Å². The van der Waals surface area contributed by atoms with Crippen LogP contribution in [0.25, 0.3) is 11.0 Å². The van der Waals surface area contributed by atoms with Crippen LogP contribution in [-0.2, 0) is 10.0 Å². The first-order valence-corrected chi connectivity index (χ1v) is 7.73. The summed E-state index contributed by atoms with van der Waals surface area (Å²) < 4.78 is 34.2. The highest BCUT2D eigenvalue weighted by atomic mass is 32.2. The fraction of sp³-hybridized carbons (Fsp3) is 0.300. The summed E-state index contributed by atoms with van der Waals surface area (Å²) in [6, 6.07) is 3.95. The number of amidine groups is 1. The zero-order valence-electron chi connectivity index (χ0n) is 10.8. The SMILES string of the molecule is CC(C(N)=NO)N(C)S(=O)(=O)c1cccc2nsnc12. The van der Waals surface area contributed by atoms with Gasteiger partial charge in [0.05, 0.1) is 17.8 Å². The summed E-state index contributed by atoms with van der Waals surface area (Å²) in [4.78, 5) is 0.0452. The number of nitrogens with zero attached hydrogens (tertiary/aromatic N) is 4. The normalized spacial score (nSPS) is 14.8. The van der Waals surface area contributed by atoms with Crippen LogP contribution in [0.3, 0.4) is 0 Å². The second kappa shape index (κ2) is 5.31. The minimum Gasteiger partial charge on any atom is -0.409 e. The third-order valence-electron chi connectivity index (χ3n) is 2.99. The van der Waals surface area contributed by atoms with E-state index in [1.54, 1.807) is 12.1 Å². The van der Waals surface area contributed by atoms with E-state index in [1.807, 2.05) is 0 Å². The molecule has 3 N–H and O–H groups in total. The largest absolute Gasteiger partial charge is 0.409 e. The Labute approximate surface area is 119 Å². The first-order chi connectivity index (χ1) is 9.39. The molecule has 8 nitrogen and oxygen atoms in total. The van der Waals surface area contributed by atoms with Crippen molar-refractivity contribution in [2.75, 3.05) is 7.05 Å². The molecular formula is C10H13N5O3S2. The number of benzene rings is 1. The lowest BCUT2D eigenvalue weighted by molar-refractivity contribution is 0.311. The minimum atomic E-state index is -3.82. The third kappa shape index (κ3) is 2.32. The summed E-state index contributed by atoms with van der Waals surface area (Å²) in [6.07, 6.45) is 0. The molecule has 0 saturated carbocycles. The Bertz CT molecular complexity index is 755. The second-order valence-corrected chi connectivity index (χ2v) is 6.60. The van der Waals surface area contributed by atoms with Gasteiger partial charge in [0.2, 0.25) is 10.0 Å². The Morgan fingerprint density at radius 3 is 2.85 bits per heavy atom. The van der Waals surface area contributed by atoms with Gasteiger partial charge in [-0.25, -0.2) is 8.42 Å². The Kier molecular flexibility index (Phi) is 3.88.